The largest absolute Gasteiger partial charge is 0.393 e. The van der Waals surface area contributed by atoms with Crippen LogP contribution in [0.5, 0.6) is 0 Å². The van der Waals surface area contributed by atoms with Gasteiger partial charge in [0, 0.05) is 6.42 Å². The van der Waals surface area contributed by atoms with Crippen molar-refractivity contribution in [1.29, 1.82) is 0 Å². The summed E-state index contributed by atoms with van der Waals surface area (Å²) in [6, 6.07) is 0. The molecule has 0 radical (unpaired) electrons. The molecule has 1 aliphatic heterocycles. The summed E-state index contributed by atoms with van der Waals surface area (Å²) in [4.78, 5) is 0. The first-order valence-corrected chi connectivity index (χ1v) is 3.20. The minimum absolute atomic E-state index is 0.0706. The zero-order valence-electron chi connectivity index (χ0n) is 4.71. The second-order valence-electron chi connectivity index (χ2n) is 2.68. The minimum Gasteiger partial charge on any atom is -0.393 e. The normalized spacial score (nSPS) is 52.9. The average Bonchev–Trinajstić information content (AvgIpc) is 2.43. The van der Waals surface area contributed by atoms with E-state index in [2.05, 4.69) is 0 Å². The third-order valence-electron chi connectivity index (χ3n) is 1.98. The lowest BCUT2D eigenvalue weighted by Crippen LogP contribution is -2.17. The number of ether oxygens (including phenoxy) is 1. The Labute approximate surface area is 48.5 Å². The Bertz CT molecular complexity index is 103. The molecule has 0 spiro atoms. The topological polar surface area (TPSA) is 32.8 Å². The van der Waals surface area contributed by atoms with Gasteiger partial charge in [-0.3, -0.25) is 0 Å². The van der Waals surface area contributed by atoms with Crippen molar-refractivity contribution in [2.45, 2.75) is 37.6 Å². The van der Waals surface area contributed by atoms with Crippen molar-refractivity contribution in [2.75, 3.05) is 0 Å². The molecule has 3 atom stereocenters. The van der Waals surface area contributed by atoms with E-state index in [1.807, 2.05) is 0 Å². The lowest BCUT2D eigenvalue weighted by molar-refractivity contribution is 0.139. The van der Waals surface area contributed by atoms with Crippen LogP contribution in [0, 0.1) is 0 Å². The highest BCUT2D eigenvalue weighted by Crippen LogP contribution is 2.36. The van der Waals surface area contributed by atoms with Gasteiger partial charge >= 0.3 is 0 Å². The van der Waals surface area contributed by atoms with E-state index in [0.717, 1.165) is 19.3 Å². The van der Waals surface area contributed by atoms with E-state index in [1.165, 1.54) is 0 Å². The number of fused-ring (bicyclic) bond motifs is 1. The van der Waals surface area contributed by atoms with Gasteiger partial charge in [-0.15, -0.1) is 0 Å². The maximum atomic E-state index is 9.03. The molecular formula is C6H10O2. The summed E-state index contributed by atoms with van der Waals surface area (Å²) in [5.41, 5.74) is 0. The number of aliphatic hydroxyl groups excluding tert-OH is 1. The quantitative estimate of drug-likeness (QED) is 0.459. The lowest BCUT2D eigenvalue weighted by Gasteiger charge is -2.10. The van der Waals surface area contributed by atoms with Crippen molar-refractivity contribution in [3.05, 3.63) is 0 Å². The molecule has 1 saturated carbocycles. The molecule has 2 nitrogen and oxygen atoms in total. The Kier molecular flexibility index (Phi) is 0.866. The van der Waals surface area contributed by atoms with E-state index in [1.54, 1.807) is 0 Å². The first-order chi connectivity index (χ1) is 3.86. The molecule has 0 aromatic rings. The van der Waals surface area contributed by atoms with Gasteiger partial charge in [-0.05, 0) is 12.8 Å². The Morgan fingerprint density at radius 2 is 2.12 bits per heavy atom. The van der Waals surface area contributed by atoms with Crippen molar-refractivity contribution in [1.82, 2.24) is 0 Å². The van der Waals surface area contributed by atoms with Crippen LogP contribution in [0.3, 0.4) is 0 Å². The SMILES string of the molecule is O[C@@H]1CC[C@H]2O[C@H]2C1. The average molecular weight is 114 g/mol. The molecule has 2 aliphatic rings. The predicted octanol–water partition coefficient (Wildman–Crippen LogP) is 0.299. The summed E-state index contributed by atoms with van der Waals surface area (Å²) in [5, 5.41) is 9.03. The van der Waals surface area contributed by atoms with Crippen molar-refractivity contribution in [3.8, 4) is 0 Å². The molecule has 2 fully saturated rings. The Morgan fingerprint density at radius 3 is 2.75 bits per heavy atom. The molecular weight excluding hydrogens is 104 g/mol. The Hall–Kier alpha value is -0.0800. The van der Waals surface area contributed by atoms with Gasteiger partial charge < -0.3 is 9.84 Å². The molecule has 0 unspecified atom stereocenters. The van der Waals surface area contributed by atoms with E-state index in [-0.39, 0.29) is 6.10 Å². The zero-order valence-corrected chi connectivity index (χ0v) is 4.71. The second kappa shape index (κ2) is 1.45. The first-order valence-electron chi connectivity index (χ1n) is 3.20. The molecule has 1 saturated heterocycles. The predicted molar refractivity (Wildman–Crippen MR) is 28.5 cm³/mol. The third kappa shape index (κ3) is 0.644. The summed E-state index contributed by atoms with van der Waals surface area (Å²) < 4.78 is 5.19. The molecule has 0 bridgehead atoms. The summed E-state index contributed by atoms with van der Waals surface area (Å²) in [7, 11) is 0. The molecule has 0 amide bonds. The number of rotatable bonds is 0. The lowest BCUT2D eigenvalue weighted by atomic mass is 9.98. The number of hydrogen-bond donors (Lipinski definition) is 1. The molecule has 1 aliphatic carbocycles. The van der Waals surface area contributed by atoms with Crippen LogP contribution in [-0.2, 0) is 4.74 Å². The van der Waals surface area contributed by atoms with Gasteiger partial charge in [-0.1, -0.05) is 0 Å². The van der Waals surface area contributed by atoms with Crippen LogP contribution in [0.1, 0.15) is 19.3 Å². The van der Waals surface area contributed by atoms with Crippen LogP contribution in [0.25, 0.3) is 0 Å². The highest BCUT2D eigenvalue weighted by molar-refractivity contribution is 4.91. The number of hydrogen-bond acceptors (Lipinski definition) is 2. The first kappa shape index (κ1) is 4.77. The monoisotopic (exact) mass is 114 g/mol. The van der Waals surface area contributed by atoms with Crippen molar-refractivity contribution in [2.24, 2.45) is 0 Å². The molecule has 1 heterocycles. The van der Waals surface area contributed by atoms with Crippen LogP contribution in [0.4, 0.5) is 0 Å². The number of epoxide rings is 1. The number of aliphatic hydroxyl groups is 1. The van der Waals surface area contributed by atoms with Crippen LogP contribution in [0.2, 0.25) is 0 Å². The van der Waals surface area contributed by atoms with Gasteiger partial charge in [-0.25, -0.2) is 0 Å². The van der Waals surface area contributed by atoms with Crippen LogP contribution in [-0.4, -0.2) is 23.4 Å². The smallest absolute Gasteiger partial charge is 0.0866 e. The fourth-order valence-corrected chi connectivity index (χ4v) is 1.38. The Balaban J connectivity index is 1.93. The molecule has 8 heavy (non-hydrogen) atoms. The van der Waals surface area contributed by atoms with Crippen molar-refractivity contribution >= 4 is 0 Å². The highest BCUT2D eigenvalue weighted by atomic mass is 16.6. The minimum atomic E-state index is -0.0706. The van der Waals surface area contributed by atoms with Gasteiger partial charge in [0.1, 0.15) is 0 Å². The maximum absolute atomic E-state index is 9.03. The van der Waals surface area contributed by atoms with E-state index in [4.69, 9.17) is 9.84 Å². The van der Waals surface area contributed by atoms with Gasteiger partial charge in [0.25, 0.3) is 0 Å². The van der Waals surface area contributed by atoms with Gasteiger partial charge in [-0.2, -0.15) is 0 Å². The molecule has 1 N–H and O–H groups in total. The molecule has 2 heteroatoms. The van der Waals surface area contributed by atoms with E-state index in [9.17, 15) is 0 Å². The summed E-state index contributed by atoms with van der Waals surface area (Å²) in [6.07, 6.45) is 3.79. The van der Waals surface area contributed by atoms with Crippen molar-refractivity contribution < 1.29 is 9.84 Å². The molecule has 46 valence electrons. The molecule has 0 aromatic carbocycles. The van der Waals surface area contributed by atoms with Crippen molar-refractivity contribution in [3.63, 3.8) is 0 Å². The van der Waals surface area contributed by atoms with Crippen LogP contribution < -0.4 is 0 Å². The third-order valence-corrected chi connectivity index (χ3v) is 1.98. The molecule has 0 aromatic heterocycles. The van der Waals surface area contributed by atoms with Crippen LogP contribution >= 0.6 is 0 Å². The Morgan fingerprint density at radius 1 is 1.25 bits per heavy atom. The standard InChI is InChI=1S/C6H10O2/c7-4-1-2-5-6(3-4)8-5/h4-7H,1-3H2/t4-,5-,6+/m1/s1. The zero-order chi connectivity index (χ0) is 5.56. The van der Waals surface area contributed by atoms with Gasteiger partial charge in [0.2, 0.25) is 0 Å². The second-order valence-corrected chi connectivity index (χ2v) is 2.68. The van der Waals surface area contributed by atoms with Gasteiger partial charge in [0.15, 0.2) is 0 Å². The fraction of sp³-hybridized carbons (Fsp3) is 1.00. The van der Waals surface area contributed by atoms with E-state index in [0.29, 0.717) is 12.2 Å². The summed E-state index contributed by atoms with van der Waals surface area (Å²) >= 11 is 0. The fourth-order valence-electron chi connectivity index (χ4n) is 1.38. The van der Waals surface area contributed by atoms with E-state index >= 15 is 0 Å². The summed E-state index contributed by atoms with van der Waals surface area (Å²) in [6.45, 7) is 0. The highest BCUT2D eigenvalue weighted by Gasteiger charge is 2.43. The maximum Gasteiger partial charge on any atom is 0.0866 e. The van der Waals surface area contributed by atoms with E-state index < -0.39 is 0 Å². The van der Waals surface area contributed by atoms with Gasteiger partial charge in [0.05, 0.1) is 18.3 Å². The molecule has 2 rings (SSSR count). The van der Waals surface area contributed by atoms with Crippen LogP contribution in [0.15, 0.2) is 0 Å². The summed E-state index contributed by atoms with van der Waals surface area (Å²) in [5.74, 6) is 0.